The molecule has 5 nitrogen and oxygen atoms in total. The minimum Gasteiger partial charge on any atom is -0.368 e. The van der Waals surface area contributed by atoms with Gasteiger partial charge in [0.25, 0.3) is 0 Å². The number of nitrogens with zero attached hydrogens (tertiary/aromatic N) is 2. The molecule has 1 unspecified atom stereocenters. The maximum absolute atomic E-state index is 5.84. The van der Waals surface area contributed by atoms with Gasteiger partial charge in [0, 0.05) is 24.1 Å². The number of allylic oxidation sites excluding steroid dienone is 1. The van der Waals surface area contributed by atoms with E-state index in [0.29, 0.717) is 12.6 Å². The smallest absolute Gasteiger partial charge is 0.220 e. The summed E-state index contributed by atoms with van der Waals surface area (Å²) in [6.45, 7) is 2.51. The molecule has 4 rings (SSSR count). The van der Waals surface area contributed by atoms with Crippen molar-refractivity contribution < 1.29 is 4.84 Å². The maximum atomic E-state index is 5.84. The van der Waals surface area contributed by atoms with Crippen LogP contribution in [0.1, 0.15) is 29.7 Å². The van der Waals surface area contributed by atoms with Crippen molar-refractivity contribution in [3.05, 3.63) is 83.7 Å². The predicted octanol–water partition coefficient (Wildman–Crippen LogP) is 3.95. The van der Waals surface area contributed by atoms with E-state index in [1.807, 2.05) is 13.0 Å². The van der Waals surface area contributed by atoms with Gasteiger partial charge < -0.3 is 5.73 Å². The molecule has 0 aliphatic heterocycles. The van der Waals surface area contributed by atoms with Crippen molar-refractivity contribution in [3.8, 4) is 11.1 Å². The van der Waals surface area contributed by atoms with Crippen molar-refractivity contribution >= 4 is 11.6 Å². The van der Waals surface area contributed by atoms with Gasteiger partial charge in [-0.25, -0.2) is 9.97 Å². The van der Waals surface area contributed by atoms with Crippen molar-refractivity contribution in [3.63, 3.8) is 0 Å². The van der Waals surface area contributed by atoms with Crippen LogP contribution in [0.15, 0.2) is 66.9 Å². The summed E-state index contributed by atoms with van der Waals surface area (Å²) in [4.78, 5) is 14.1. The molecule has 0 saturated heterocycles. The van der Waals surface area contributed by atoms with E-state index >= 15 is 0 Å². The lowest BCUT2D eigenvalue weighted by atomic mass is 9.83. The van der Waals surface area contributed by atoms with Gasteiger partial charge in [0.2, 0.25) is 5.95 Å². The molecule has 1 atom stereocenters. The van der Waals surface area contributed by atoms with Crippen molar-refractivity contribution in [1.82, 2.24) is 15.4 Å². The maximum Gasteiger partial charge on any atom is 0.220 e. The third-order valence-corrected chi connectivity index (χ3v) is 4.73. The Morgan fingerprint density at radius 3 is 2.67 bits per heavy atom. The third kappa shape index (κ3) is 3.55. The van der Waals surface area contributed by atoms with E-state index in [0.717, 1.165) is 23.4 Å². The quantitative estimate of drug-likeness (QED) is 0.676. The molecule has 0 radical (unpaired) electrons. The average Bonchev–Trinajstić information content (AvgIpc) is 2.72. The molecule has 3 aromatic rings. The highest BCUT2D eigenvalue weighted by atomic mass is 16.6. The number of hydrogen-bond donors (Lipinski definition) is 2. The molecule has 2 aromatic carbocycles. The lowest BCUT2D eigenvalue weighted by molar-refractivity contribution is 0.0894. The lowest BCUT2D eigenvalue weighted by Gasteiger charge is -2.25. The number of anilines is 1. The predicted molar refractivity (Wildman–Crippen MR) is 108 cm³/mol. The van der Waals surface area contributed by atoms with Gasteiger partial charge in [-0.05, 0) is 23.6 Å². The lowest BCUT2D eigenvalue weighted by Crippen LogP contribution is -2.21. The Labute approximate surface area is 158 Å². The molecular formula is C22H22N4O. The van der Waals surface area contributed by atoms with Crippen LogP contribution < -0.4 is 11.2 Å². The fraction of sp³-hybridized carbons (Fsp3) is 0.182. The summed E-state index contributed by atoms with van der Waals surface area (Å²) in [5.74, 6) is 0.452. The van der Waals surface area contributed by atoms with Crippen LogP contribution in [0.4, 0.5) is 5.95 Å². The Balaban J connectivity index is 1.79. The minimum absolute atomic E-state index is 0.158. The number of fused-ring (bicyclic) bond motifs is 1. The number of rotatable bonds is 5. The second kappa shape index (κ2) is 7.60. The van der Waals surface area contributed by atoms with Gasteiger partial charge in [-0.15, -0.1) is 0 Å². The number of nitrogens with two attached hydrogens (primary N) is 1. The van der Waals surface area contributed by atoms with E-state index in [9.17, 15) is 0 Å². The van der Waals surface area contributed by atoms with E-state index in [4.69, 9.17) is 10.6 Å². The molecule has 0 fully saturated rings. The van der Waals surface area contributed by atoms with E-state index in [-0.39, 0.29) is 5.92 Å². The fourth-order valence-electron chi connectivity index (χ4n) is 3.51. The molecule has 1 aliphatic carbocycles. The molecular weight excluding hydrogens is 336 g/mol. The van der Waals surface area contributed by atoms with Crippen LogP contribution in [0.2, 0.25) is 0 Å². The highest BCUT2D eigenvalue weighted by Crippen LogP contribution is 2.37. The molecule has 0 saturated carbocycles. The second-order valence-electron chi connectivity index (χ2n) is 6.47. The van der Waals surface area contributed by atoms with Gasteiger partial charge in [0.1, 0.15) is 0 Å². The highest BCUT2D eigenvalue weighted by Gasteiger charge is 2.24. The van der Waals surface area contributed by atoms with Crippen LogP contribution in [0.25, 0.3) is 16.8 Å². The van der Waals surface area contributed by atoms with Gasteiger partial charge >= 0.3 is 0 Å². The Kier molecular flexibility index (Phi) is 4.85. The van der Waals surface area contributed by atoms with Crippen molar-refractivity contribution in [1.29, 1.82) is 0 Å². The second-order valence-corrected chi connectivity index (χ2v) is 6.47. The topological polar surface area (TPSA) is 73.1 Å². The van der Waals surface area contributed by atoms with Crippen molar-refractivity contribution in [2.24, 2.45) is 0 Å². The Morgan fingerprint density at radius 1 is 1.07 bits per heavy atom. The summed E-state index contributed by atoms with van der Waals surface area (Å²) in [6.07, 6.45) is 4.72. The Morgan fingerprint density at radius 2 is 1.85 bits per heavy atom. The molecule has 1 heterocycles. The normalized spacial score (nSPS) is 15.7. The summed E-state index contributed by atoms with van der Waals surface area (Å²) in [5.41, 5.74) is 15.3. The molecule has 3 N–H and O–H groups in total. The number of nitrogen functional groups attached to an aromatic ring is 1. The summed E-state index contributed by atoms with van der Waals surface area (Å²) in [6, 6.07) is 18.9. The van der Waals surface area contributed by atoms with Gasteiger partial charge in [0.15, 0.2) is 0 Å². The number of nitrogens with one attached hydrogen (secondary N) is 1. The van der Waals surface area contributed by atoms with E-state index < -0.39 is 0 Å². The summed E-state index contributed by atoms with van der Waals surface area (Å²) in [7, 11) is 0. The first-order valence-electron chi connectivity index (χ1n) is 9.12. The average molecular weight is 358 g/mol. The van der Waals surface area contributed by atoms with Crippen LogP contribution >= 0.6 is 0 Å². The molecule has 0 amide bonds. The first kappa shape index (κ1) is 17.2. The van der Waals surface area contributed by atoms with Crippen LogP contribution in [0.3, 0.4) is 0 Å². The number of benzene rings is 2. The van der Waals surface area contributed by atoms with Crippen LogP contribution in [0, 0.1) is 0 Å². The van der Waals surface area contributed by atoms with Crippen molar-refractivity contribution in [2.45, 2.75) is 19.3 Å². The third-order valence-electron chi connectivity index (χ3n) is 4.73. The Hall–Kier alpha value is -3.18. The van der Waals surface area contributed by atoms with Gasteiger partial charge in [-0.2, -0.15) is 0 Å². The van der Waals surface area contributed by atoms with Crippen molar-refractivity contribution in [2.75, 3.05) is 12.3 Å². The minimum atomic E-state index is 0.158. The summed E-state index contributed by atoms with van der Waals surface area (Å²) < 4.78 is 0. The highest BCUT2D eigenvalue weighted by molar-refractivity contribution is 5.73. The van der Waals surface area contributed by atoms with Crippen LogP contribution in [-0.4, -0.2) is 16.6 Å². The van der Waals surface area contributed by atoms with Gasteiger partial charge in [-0.1, -0.05) is 60.7 Å². The van der Waals surface area contributed by atoms with Crippen LogP contribution in [-0.2, 0) is 11.3 Å². The first-order valence-corrected chi connectivity index (χ1v) is 9.12. The van der Waals surface area contributed by atoms with E-state index in [2.05, 4.69) is 70.1 Å². The standard InChI is InChI=1S/C22H22N4O/c1-2-27-26-21-13-16(12-20-19(21)14-24-22(23)25-20)18-11-7-6-10-17(18)15-8-4-3-5-9-15/h3-11,13-14,16,26H,2,12H2,1H3,(H2,23,24,25). The SMILES string of the molecule is CCONC1=CC(c2ccccc2-c2ccccc2)Cc2nc(N)ncc21. The Bertz CT molecular complexity index is 969. The fourth-order valence-corrected chi connectivity index (χ4v) is 3.51. The molecule has 1 aliphatic rings. The van der Waals surface area contributed by atoms with E-state index in [1.165, 1.54) is 16.7 Å². The zero-order valence-corrected chi connectivity index (χ0v) is 15.2. The van der Waals surface area contributed by atoms with Crippen LogP contribution in [0.5, 0.6) is 0 Å². The zero-order valence-electron chi connectivity index (χ0n) is 15.2. The molecule has 27 heavy (non-hydrogen) atoms. The van der Waals surface area contributed by atoms with Gasteiger partial charge in [0.05, 0.1) is 18.0 Å². The monoisotopic (exact) mass is 358 g/mol. The molecule has 0 bridgehead atoms. The largest absolute Gasteiger partial charge is 0.368 e. The molecule has 0 spiro atoms. The first-order chi connectivity index (χ1) is 13.3. The number of hydroxylamine groups is 1. The number of hydrogen-bond acceptors (Lipinski definition) is 5. The number of aromatic nitrogens is 2. The van der Waals surface area contributed by atoms with E-state index in [1.54, 1.807) is 6.20 Å². The molecule has 136 valence electrons. The summed E-state index contributed by atoms with van der Waals surface area (Å²) in [5, 5.41) is 0. The van der Waals surface area contributed by atoms with Gasteiger partial charge in [-0.3, -0.25) is 10.3 Å². The zero-order chi connectivity index (χ0) is 18.6. The molecule has 5 heteroatoms. The summed E-state index contributed by atoms with van der Waals surface area (Å²) >= 11 is 0. The molecule has 1 aromatic heterocycles.